The fourth-order valence-electron chi connectivity index (χ4n) is 2.83. The van der Waals surface area contributed by atoms with Crippen LogP contribution in [0.5, 0.6) is 0 Å². The van der Waals surface area contributed by atoms with Gasteiger partial charge >= 0.3 is 0 Å². The zero-order chi connectivity index (χ0) is 15.9. The van der Waals surface area contributed by atoms with Crippen molar-refractivity contribution in [3.8, 4) is 0 Å². The van der Waals surface area contributed by atoms with Crippen LogP contribution in [0.3, 0.4) is 0 Å². The molecule has 23 heavy (non-hydrogen) atoms. The van der Waals surface area contributed by atoms with Gasteiger partial charge in [-0.05, 0) is 37.1 Å². The van der Waals surface area contributed by atoms with E-state index >= 15 is 0 Å². The summed E-state index contributed by atoms with van der Waals surface area (Å²) < 4.78 is 11.2. The molecule has 3 heterocycles. The van der Waals surface area contributed by atoms with Crippen molar-refractivity contribution in [3.63, 3.8) is 0 Å². The molecule has 0 aliphatic carbocycles. The van der Waals surface area contributed by atoms with Crippen molar-refractivity contribution in [2.75, 3.05) is 13.1 Å². The minimum Gasteiger partial charge on any atom is -0.469 e. The Morgan fingerprint density at radius 1 is 1.35 bits per heavy atom. The molecular weight excluding hydrogens is 292 g/mol. The smallest absolute Gasteiger partial charge is 0.223 e. The first-order valence-corrected chi connectivity index (χ1v) is 8.13. The molecule has 0 N–H and O–H groups in total. The van der Waals surface area contributed by atoms with Crippen molar-refractivity contribution >= 4 is 5.91 Å². The van der Waals surface area contributed by atoms with Gasteiger partial charge in [0.15, 0.2) is 0 Å². The van der Waals surface area contributed by atoms with Gasteiger partial charge in [-0.2, -0.15) is 0 Å². The number of nitrogens with zero attached hydrogens (tertiary/aromatic N) is 2. The number of likely N-dealkylation sites (tertiary alicyclic amines) is 1. The number of ether oxygens (including phenoxy) is 1. The van der Waals surface area contributed by atoms with Crippen molar-refractivity contribution in [2.24, 2.45) is 0 Å². The Kier molecular flexibility index (Phi) is 5.42. The van der Waals surface area contributed by atoms with E-state index < -0.39 is 0 Å². The van der Waals surface area contributed by atoms with Gasteiger partial charge in [0.2, 0.25) is 5.91 Å². The zero-order valence-corrected chi connectivity index (χ0v) is 13.2. The lowest BCUT2D eigenvalue weighted by atomic mass is 10.1. The summed E-state index contributed by atoms with van der Waals surface area (Å²) >= 11 is 0. The lowest BCUT2D eigenvalue weighted by Crippen LogP contribution is -2.43. The molecule has 1 atom stereocenters. The number of piperidine rings is 1. The van der Waals surface area contributed by atoms with Crippen molar-refractivity contribution in [1.82, 2.24) is 9.88 Å². The molecule has 5 heteroatoms. The Labute approximate surface area is 136 Å². The van der Waals surface area contributed by atoms with Gasteiger partial charge in [-0.3, -0.25) is 9.78 Å². The van der Waals surface area contributed by atoms with Gasteiger partial charge in [0.1, 0.15) is 5.76 Å². The highest BCUT2D eigenvalue weighted by Crippen LogP contribution is 2.16. The number of pyridine rings is 1. The molecule has 1 fully saturated rings. The number of rotatable bonds is 6. The molecule has 2 aromatic heterocycles. The first-order chi connectivity index (χ1) is 11.3. The Bertz CT molecular complexity index is 598. The minimum absolute atomic E-state index is 0.0957. The Balaban J connectivity index is 1.44. The zero-order valence-electron chi connectivity index (χ0n) is 13.2. The maximum Gasteiger partial charge on any atom is 0.223 e. The van der Waals surface area contributed by atoms with Gasteiger partial charge in [-0.1, -0.05) is 6.07 Å². The van der Waals surface area contributed by atoms with Crippen molar-refractivity contribution in [3.05, 3.63) is 54.2 Å². The van der Waals surface area contributed by atoms with E-state index in [9.17, 15) is 4.79 Å². The average Bonchev–Trinajstić information content (AvgIpc) is 3.12. The van der Waals surface area contributed by atoms with E-state index in [0.717, 1.165) is 30.8 Å². The van der Waals surface area contributed by atoms with E-state index in [1.165, 1.54) is 0 Å². The molecule has 0 bridgehead atoms. The fourth-order valence-corrected chi connectivity index (χ4v) is 2.83. The second-order valence-corrected chi connectivity index (χ2v) is 5.82. The predicted molar refractivity (Wildman–Crippen MR) is 85.7 cm³/mol. The highest BCUT2D eigenvalue weighted by molar-refractivity contribution is 5.76. The Morgan fingerprint density at radius 3 is 3.09 bits per heavy atom. The first-order valence-electron chi connectivity index (χ1n) is 8.13. The number of amides is 1. The highest BCUT2D eigenvalue weighted by Gasteiger charge is 2.24. The lowest BCUT2D eigenvalue weighted by Gasteiger charge is -2.32. The standard InChI is InChI=1S/C18H22N2O3/c21-18(9-8-16-7-4-12-22-16)20-11-3-6-17(13-20)23-14-15-5-1-2-10-19-15/h1-2,4-5,7,10,12,17H,3,6,8-9,11,13-14H2. The predicted octanol–water partition coefficient (Wildman–Crippen LogP) is 2.82. The number of hydrogen-bond donors (Lipinski definition) is 0. The minimum atomic E-state index is 0.0957. The van der Waals surface area contributed by atoms with Crippen LogP contribution in [0.1, 0.15) is 30.7 Å². The maximum atomic E-state index is 12.3. The van der Waals surface area contributed by atoms with Crippen LogP contribution in [-0.4, -0.2) is 35.0 Å². The van der Waals surface area contributed by atoms with E-state index in [4.69, 9.17) is 9.15 Å². The topological polar surface area (TPSA) is 55.6 Å². The van der Waals surface area contributed by atoms with Gasteiger partial charge in [0, 0.05) is 32.1 Å². The Hall–Kier alpha value is -2.14. The van der Waals surface area contributed by atoms with E-state index in [2.05, 4.69) is 4.98 Å². The molecule has 0 spiro atoms. The molecule has 1 saturated heterocycles. The second kappa shape index (κ2) is 7.92. The summed E-state index contributed by atoms with van der Waals surface area (Å²) in [6.45, 7) is 1.99. The maximum absolute atomic E-state index is 12.3. The molecule has 1 aliphatic heterocycles. The summed E-state index contributed by atoms with van der Waals surface area (Å²) in [5.74, 6) is 1.03. The van der Waals surface area contributed by atoms with Crippen LogP contribution >= 0.6 is 0 Å². The summed E-state index contributed by atoms with van der Waals surface area (Å²) in [7, 11) is 0. The monoisotopic (exact) mass is 314 g/mol. The number of furan rings is 1. The largest absolute Gasteiger partial charge is 0.469 e. The molecule has 0 radical (unpaired) electrons. The van der Waals surface area contributed by atoms with E-state index in [1.807, 2.05) is 35.2 Å². The molecule has 1 aliphatic rings. The molecule has 3 rings (SSSR count). The molecule has 2 aromatic rings. The molecule has 1 amide bonds. The van der Waals surface area contributed by atoms with Crippen molar-refractivity contribution in [1.29, 1.82) is 0 Å². The summed E-state index contributed by atoms with van der Waals surface area (Å²) in [6, 6.07) is 9.56. The highest BCUT2D eigenvalue weighted by atomic mass is 16.5. The van der Waals surface area contributed by atoms with Crippen LogP contribution in [0, 0.1) is 0 Å². The van der Waals surface area contributed by atoms with Gasteiger partial charge in [-0.15, -0.1) is 0 Å². The van der Waals surface area contributed by atoms with Gasteiger partial charge in [0.25, 0.3) is 0 Å². The van der Waals surface area contributed by atoms with E-state index in [-0.39, 0.29) is 12.0 Å². The van der Waals surface area contributed by atoms with Crippen molar-refractivity contribution < 1.29 is 13.9 Å². The number of hydrogen-bond acceptors (Lipinski definition) is 4. The summed E-state index contributed by atoms with van der Waals surface area (Å²) in [4.78, 5) is 18.5. The van der Waals surface area contributed by atoms with Crippen molar-refractivity contribution in [2.45, 2.75) is 38.4 Å². The van der Waals surface area contributed by atoms with Crippen LogP contribution < -0.4 is 0 Å². The third-order valence-electron chi connectivity index (χ3n) is 4.09. The quantitative estimate of drug-likeness (QED) is 0.823. The van der Waals surface area contributed by atoms with E-state index in [1.54, 1.807) is 12.5 Å². The number of aromatic nitrogens is 1. The van der Waals surface area contributed by atoms with Gasteiger partial charge in [0.05, 0.1) is 24.7 Å². The van der Waals surface area contributed by atoms with E-state index in [0.29, 0.717) is 26.0 Å². The lowest BCUT2D eigenvalue weighted by molar-refractivity contribution is -0.135. The third-order valence-corrected chi connectivity index (χ3v) is 4.09. The number of carbonyl (C=O) groups is 1. The van der Waals surface area contributed by atoms with Crippen LogP contribution in [0.15, 0.2) is 47.2 Å². The summed E-state index contributed by atoms with van der Waals surface area (Å²) in [5, 5.41) is 0. The Morgan fingerprint density at radius 2 is 2.30 bits per heavy atom. The molecule has 122 valence electrons. The SMILES string of the molecule is O=C(CCc1ccco1)N1CCCC(OCc2ccccn2)C1. The molecular formula is C18H22N2O3. The van der Waals surface area contributed by atoms with Crippen LogP contribution in [0.4, 0.5) is 0 Å². The molecule has 0 saturated carbocycles. The van der Waals surface area contributed by atoms with Crippen LogP contribution in [0.25, 0.3) is 0 Å². The summed E-state index contributed by atoms with van der Waals surface area (Å²) in [6.07, 6.45) is 6.63. The number of aryl methyl sites for hydroxylation is 1. The average molecular weight is 314 g/mol. The third kappa shape index (κ3) is 4.66. The molecule has 0 aromatic carbocycles. The van der Waals surface area contributed by atoms with Crippen LogP contribution in [0.2, 0.25) is 0 Å². The first kappa shape index (κ1) is 15.7. The van der Waals surface area contributed by atoms with Gasteiger partial charge < -0.3 is 14.1 Å². The van der Waals surface area contributed by atoms with Crippen LogP contribution in [-0.2, 0) is 22.6 Å². The number of carbonyl (C=O) groups excluding carboxylic acids is 1. The summed E-state index contributed by atoms with van der Waals surface area (Å²) in [5.41, 5.74) is 0.925. The van der Waals surface area contributed by atoms with Gasteiger partial charge in [-0.25, -0.2) is 0 Å². The molecule has 1 unspecified atom stereocenters. The second-order valence-electron chi connectivity index (χ2n) is 5.82. The normalized spacial score (nSPS) is 18.1. The fraction of sp³-hybridized carbons (Fsp3) is 0.444. The molecule has 5 nitrogen and oxygen atoms in total.